The minimum atomic E-state index is -4.41. The Morgan fingerprint density at radius 3 is 1.92 bits per heavy atom. The molecular formula is C17H17N3O5S. The van der Waals surface area contributed by atoms with Crippen molar-refractivity contribution >= 4 is 10.4 Å². The van der Waals surface area contributed by atoms with Gasteiger partial charge in [0.2, 0.25) is 10.4 Å². The molecule has 0 saturated heterocycles. The zero-order valence-corrected chi connectivity index (χ0v) is 15.0. The molecular weight excluding hydrogens is 358 g/mol. The van der Waals surface area contributed by atoms with Crippen LogP contribution in [0.5, 0.6) is 0 Å². The summed E-state index contributed by atoms with van der Waals surface area (Å²) in [6.07, 6.45) is 0. The van der Waals surface area contributed by atoms with Crippen LogP contribution in [0.1, 0.15) is 0 Å². The van der Waals surface area contributed by atoms with Gasteiger partial charge in [-0.1, -0.05) is 65.3 Å². The van der Waals surface area contributed by atoms with Crippen molar-refractivity contribution in [3.05, 3.63) is 71.6 Å². The summed E-state index contributed by atoms with van der Waals surface area (Å²) in [6.45, 7) is 0. The van der Waals surface area contributed by atoms with Crippen LogP contribution in [0.15, 0.2) is 66.7 Å². The Morgan fingerprint density at radius 2 is 1.46 bits per heavy atom. The molecule has 8 nitrogen and oxygen atoms in total. The SMILES string of the molecule is COS(=O)(=O)[O-].Cn1c(-c2ccccc2)cc(-c2ccccc2)n[n+]1=O. The van der Waals surface area contributed by atoms with Crippen LogP contribution in [-0.4, -0.2) is 29.9 Å². The number of nitrogens with zero attached hydrogens (tertiary/aromatic N) is 3. The number of hydrogen-bond acceptors (Lipinski definition) is 6. The number of hydrogen-bond donors (Lipinski definition) is 0. The molecule has 136 valence electrons. The second-order valence-electron chi connectivity index (χ2n) is 5.10. The second kappa shape index (κ2) is 8.48. The first-order valence-corrected chi connectivity index (χ1v) is 8.78. The van der Waals surface area contributed by atoms with Crippen molar-refractivity contribution in [2.75, 3.05) is 7.11 Å². The topological polar surface area (TPSA) is 107 Å². The van der Waals surface area contributed by atoms with Gasteiger partial charge in [0, 0.05) is 17.2 Å². The molecule has 1 aromatic heterocycles. The predicted molar refractivity (Wildman–Crippen MR) is 94.2 cm³/mol. The maximum absolute atomic E-state index is 12.0. The van der Waals surface area contributed by atoms with Crippen molar-refractivity contribution in [2.45, 2.75) is 0 Å². The minimum Gasteiger partial charge on any atom is -0.726 e. The zero-order chi connectivity index (χ0) is 19.2. The molecule has 3 rings (SSSR count). The molecule has 9 heteroatoms. The third-order valence-corrected chi connectivity index (χ3v) is 3.82. The summed E-state index contributed by atoms with van der Waals surface area (Å²) in [5, 5.41) is 4.05. The lowest BCUT2D eigenvalue weighted by Crippen LogP contribution is -2.34. The second-order valence-corrected chi connectivity index (χ2v) is 6.25. The van der Waals surface area contributed by atoms with E-state index in [1.807, 2.05) is 66.7 Å². The van der Waals surface area contributed by atoms with Crippen LogP contribution >= 0.6 is 0 Å². The highest BCUT2D eigenvalue weighted by Gasteiger charge is 2.14. The zero-order valence-electron chi connectivity index (χ0n) is 14.1. The van der Waals surface area contributed by atoms with E-state index in [9.17, 15) is 17.9 Å². The first kappa shape index (κ1) is 19.4. The monoisotopic (exact) mass is 375 g/mol. The summed E-state index contributed by atoms with van der Waals surface area (Å²) in [5.74, 6) is 0. The van der Waals surface area contributed by atoms with Crippen LogP contribution in [0.4, 0.5) is 0 Å². The third-order valence-electron chi connectivity index (χ3n) is 3.42. The summed E-state index contributed by atoms with van der Waals surface area (Å²) < 4.78 is 33.1. The Kier molecular flexibility index (Phi) is 6.34. The molecule has 0 aliphatic carbocycles. The van der Waals surface area contributed by atoms with E-state index in [0.717, 1.165) is 23.9 Å². The van der Waals surface area contributed by atoms with E-state index < -0.39 is 10.4 Å². The number of rotatable bonds is 3. The quantitative estimate of drug-likeness (QED) is 0.392. The van der Waals surface area contributed by atoms with Crippen LogP contribution in [-0.2, 0) is 21.6 Å². The number of benzene rings is 2. The molecule has 0 fully saturated rings. The van der Waals surface area contributed by atoms with Gasteiger partial charge in [-0.15, -0.1) is 0 Å². The van der Waals surface area contributed by atoms with Gasteiger partial charge >= 0.3 is 0 Å². The van der Waals surface area contributed by atoms with E-state index >= 15 is 0 Å². The molecule has 0 spiro atoms. The molecule has 0 N–H and O–H groups in total. The van der Waals surface area contributed by atoms with E-state index in [0.29, 0.717) is 10.4 Å². The van der Waals surface area contributed by atoms with Gasteiger partial charge in [0.1, 0.15) is 11.4 Å². The molecule has 0 radical (unpaired) electrons. The molecule has 0 amide bonds. The van der Waals surface area contributed by atoms with Gasteiger partial charge in [-0.25, -0.2) is 8.42 Å². The highest BCUT2D eigenvalue weighted by atomic mass is 32.3. The van der Waals surface area contributed by atoms with Gasteiger partial charge in [-0.2, -0.15) is 0 Å². The fourth-order valence-electron chi connectivity index (χ4n) is 2.13. The Bertz CT molecular complexity index is 1020. The van der Waals surface area contributed by atoms with Crippen molar-refractivity contribution < 1.29 is 21.8 Å². The highest BCUT2D eigenvalue weighted by molar-refractivity contribution is 7.80. The summed E-state index contributed by atoms with van der Waals surface area (Å²) in [4.78, 5) is 12.0. The average molecular weight is 375 g/mol. The van der Waals surface area contributed by atoms with Gasteiger partial charge in [0.15, 0.2) is 0 Å². The predicted octanol–water partition coefficient (Wildman–Crippen LogP) is 1.76. The lowest BCUT2D eigenvalue weighted by Gasteiger charge is -2.03. The maximum atomic E-state index is 12.0. The van der Waals surface area contributed by atoms with Crippen molar-refractivity contribution in [1.82, 2.24) is 9.78 Å². The molecule has 2 aromatic carbocycles. The van der Waals surface area contributed by atoms with E-state index in [1.54, 1.807) is 7.05 Å². The lowest BCUT2D eigenvalue weighted by atomic mass is 10.1. The van der Waals surface area contributed by atoms with Crippen molar-refractivity contribution in [3.63, 3.8) is 0 Å². The van der Waals surface area contributed by atoms with Gasteiger partial charge in [-0.05, 0) is 0 Å². The van der Waals surface area contributed by atoms with Crippen LogP contribution in [0.25, 0.3) is 22.5 Å². The van der Waals surface area contributed by atoms with Crippen LogP contribution in [0.3, 0.4) is 0 Å². The Morgan fingerprint density at radius 1 is 1.00 bits per heavy atom. The molecule has 0 bridgehead atoms. The molecule has 0 aliphatic heterocycles. The summed E-state index contributed by atoms with van der Waals surface area (Å²) in [7, 11) is -1.90. The van der Waals surface area contributed by atoms with E-state index in [-0.39, 0.29) is 0 Å². The Labute approximate surface area is 150 Å². The molecule has 0 atom stereocenters. The summed E-state index contributed by atoms with van der Waals surface area (Å²) in [6, 6.07) is 21.4. The molecule has 26 heavy (non-hydrogen) atoms. The maximum Gasteiger partial charge on any atom is 0.286 e. The number of aromatic nitrogens is 3. The van der Waals surface area contributed by atoms with Crippen LogP contribution < -0.4 is 4.66 Å². The molecule has 1 heterocycles. The molecule has 3 aromatic rings. The van der Waals surface area contributed by atoms with E-state index in [4.69, 9.17) is 0 Å². The molecule has 0 aliphatic rings. The van der Waals surface area contributed by atoms with Gasteiger partial charge in [-0.3, -0.25) is 4.18 Å². The highest BCUT2D eigenvalue weighted by Crippen LogP contribution is 2.22. The first-order valence-electron chi connectivity index (χ1n) is 7.45. The first-order chi connectivity index (χ1) is 12.3. The Balaban J connectivity index is 0.000000352. The summed E-state index contributed by atoms with van der Waals surface area (Å²) in [5.41, 5.74) is 3.40. The van der Waals surface area contributed by atoms with E-state index in [1.165, 1.54) is 4.68 Å². The van der Waals surface area contributed by atoms with Crippen molar-refractivity contribution in [2.24, 2.45) is 7.05 Å². The fourth-order valence-corrected chi connectivity index (χ4v) is 2.13. The van der Waals surface area contributed by atoms with Gasteiger partial charge in [0.25, 0.3) is 4.66 Å². The van der Waals surface area contributed by atoms with Gasteiger partial charge in [0.05, 0.1) is 24.2 Å². The average Bonchev–Trinajstić information content (AvgIpc) is 2.65. The van der Waals surface area contributed by atoms with E-state index in [2.05, 4.69) is 9.28 Å². The lowest BCUT2D eigenvalue weighted by molar-refractivity contribution is -0.654. The standard InChI is InChI=1S/C16H14N3O.CH4O4S/c1-18-16(14-10-6-3-7-11-14)12-15(17-19(18)20)13-8-4-2-5-9-13;1-5-6(2,3)4/h2-12H,1H3;1H3,(H,2,3,4)/q+1;/p-1. The Hall–Kier alpha value is -2.88. The molecule has 0 unspecified atom stereocenters. The van der Waals surface area contributed by atoms with Crippen molar-refractivity contribution in [1.29, 1.82) is 0 Å². The largest absolute Gasteiger partial charge is 0.726 e. The van der Waals surface area contributed by atoms with Crippen LogP contribution in [0, 0.1) is 4.91 Å². The fraction of sp³-hybridized carbons (Fsp3) is 0.118. The smallest absolute Gasteiger partial charge is 0.286 e. The van der Waals surface area contributed by atoms with Crippen LogP contribution in [0.2, 0.25) is 0 Å². The minimum absolute atomic E-state index is 0.616. The summed E-state index contributed by atoms with van der Waals surface area (Å²) >= 11 is 0. The van der Waals surface area contributed by atoms with Crippen molar-refractivity contribution in [3.8, 4) is 22.5 Å². The molecule has 0 saturated carbocycles. The normalized spacial score (nSPS) is 10.7. The van der Waals surface area contributed by atoms with Gasteiger partial charge < -0.3 is 4.55 Å². The third kappa shape index (κ3) is 5.31.